The largest absolute Gasteiger partial charge is 0.443 e. The second kappa shape index (κ2) is 5.07. The predicted octanol–water partition coefficient (Wildman–Crippen LogP) is 2.09. The van der Waals surface area contributed by atoms with E-state index in [2.05, 4.69) is 0 Å². The number of thioether (sulfide) groups is 1. The monoisotopic (exact) mass is 278 g/mol. The summed E-state index contributed by atoms with van der Waals surface area (Å²) in [4.78, 5) is 28.3. The number of amides is 1. The van der Waals surface area contributed by atoms with E-state index in [0.717, 1.165) is 22.4 Å². The Morgan fingerprint density at radius 1 is 1.47 bits per heavy atom. The maximum Gasteiger partial charge on any atom is 0.438 e. The Hall–Kier alpha value is -1.79. The Kier molecular flexibility index (Phi) is 2.95. The third kappa shape index (κ3) is 2.50. The molecule has 2 unspecified atom stereocenters. The van der Waals surface area contributed by atoms with E-state index in [9.17, 15) is 9.59 Å². The number of fused-ring (bicyclic) bond motifs is 1. The molecule has 1 amide bonds. The number of nitrogens with zero attached hydrogens (tertiary/aromatic N) is 1. The minimum atomic E-state index is -0.793. The van der Waals surface area contributed by atoms with Crippen molar-refractivity contribution in [2.24, 2.45) is 0 Å². The van der Waals surface area contributed by atoms with Crippen LogP contribution in [0.2, 0.25) is 0 Å². The number of carbonyl (C=O) groups is 2. The summed E-state index contributed by atoms with van der Waals surface area (Å²) < 4.78 is 12.8. The van der Waals surface area contributed by atoms with Crippen LogP contribution in [0.15, 0.2) is 42.6 Å². The van der Waals surface area contributed by atoms with E-state index in [4.69, 9.17) is 10.9 Å². The molecule has 0 spiro atoms. The summed E-state index contributed by atoms with van der Waals surface area (Å²) in [7, 11) is 0. The number of hydrogen-bond donors (Lipinski definition) is 0. The van der Waals surface area contributed by atoms with Crippen molar-refractivity contribution in [1.82, 2.24) is 5.06 Å². The van der Waals surface area contributed by atoms with E-state index in [1.165, 1.54) is 6.08 Å². The fourth-order valence-corrected chi connectivity index (χ4v) is 2.50. The highest BCUT2D eigenvalue weighted by Crippen LogP contribution is 2.37. The molecule has 3 rings (SSSR count). The Bertz CT molecular complexity index is 577. The summed E-state index contributed by atoms with van der Waals surface area (Å²) in [5.74, 6) is 0. The van der Waals surface area contributed by atoms with Crippen LogP contribution in [-0.4, -0.2) is 27.6 Å². The smallest absolute Gasteiger partial charge is 0.438 e. The zero-order valence-corrected chi connectivity index (χ0v) is 10.6. The van der Waals surface area contributed by atoms with Gasteiger partial charge in [0.25, 0.3) is 0 Å². The number of hydroxylamine groups is 2. The van der Waals surface area contributed by atoms with Gasteiger partial charge in [0.05, 0.1) is 6.62 Å². The number of hydrogen-bond acceptors (Lipinski definition) is 5. The van der Waals surface area contributed by atoms with Crippen LogP contribution in [0, 0.1) is 0 Å². The first kappa shape index (κ1) is 11.1. The quantitative estimate of drug-likeness (QED) is 0.829. The fourth-order valence-electron chi connectivity index (χ4n) is 1.71. The van der Waals surface area contributed by atoms with Gasteiger partial charge in [0, 0.05) is 6.18 Å². The third-order valence-electron chi connectivity index (χ3n) is 2.73. The minimum absolute atomic E-state index is 0.0869. The number of rotatable bonds is 2. The van der Waals surface area contributed by atoms with Crippen LogP contribution in [0.5, 0.6) is 0 Å². The number of carbonyl (C=O) groups excluding carboxylic acids is 2. The molecule has 0 aromatic heterocycles. The van der Waals surface area contributed by atoms with E-state index >= 15 is 0 Å². The van der Waals surface area contributed by atoms with Crippen molar-refractivity contribution in [3.63, 3.8) is 0 Å². The average Bonchev–Trinajstić information content (AvgIpc) is 2.45. The van der Waals surface area contributed by atoms with Crippen LogP contribution in [0.4, 0.5) is 4.79 Å². The second-order valence-electron chi connectivity index (χ2n) is 4.06. The lowest BCUT2D eigenvalue weighted by atomic mass is 10.2. The van der Waals surface area contributed by atoms with Gasteiger partial charge in [-0.2, -0.15) is 5.06 Å². The molecule has 2 heterocycles. The molecule has 0 bridgehead atoms. The average molecular weight is 278 g/mol. The molecule has 0 N–H and O–H groups in total. The van der Waals surface area contributed by atoms with Crippen molar-refractivity contribution in [1.29, 1.82) is 0 Å². The van der Waals surface area contributed by atoms with E-state index in [1.54, 1.807) is 0 Å². The molecule has 0 saturated carbocycles. The minimum Gasteiger partial charge on any atom is -0.443 e. The van der Waals surface area contributed by atoms with Crippen LogP contribution >= 0.6 is 11.8 Å². The molecule has 0 aliphatic carbocycles. The van der Waals surface area contributed by atoms with Crippen molar-refractivity contribution in [2.75, 3.05) is 0 Å². The van der Waals surface area contributed by atoms with Crippen molar-refractivity contribution < 1.29 is 20.5 Å². The summed E-state index contributed by atoms with van der Waals surface area (Å²) in [5.41, 5.74) is 0.835. The van der Waals surface area contributed by atoms with Crippen molar-refractivity contribution >= 4 is 23.0 Å². The molecule has 98 valence electrons. The normalized spacial score (nSPS) is 25.9. The van der Waals surface area contributed by atoms with Gasteiger partial charge in [0.1, 0.15) is 6.61 Å². The molecule has 1 aromatic carbocycles. The molecular weight excluding hydrogens is 266 g/mol. The summed E-state index contributed by atoms with van der Waals surface area (Å²) in [6.45, 7) is 0.0869. The number of ether oxygens (including phenoxy) is 1. The van der Waals surface area contributed by atoms with Crippen molar-refractivity contribution in [2.45, 2.75) is 18.0 Å². The lowest BCUT2D eigenvalue weighted by molar-refractivity contribution is -0.164. The first-order valence-corrected chi connectivity index (χ1v) is 6.59. The fraction of sp³-hybridized carbons (Fsp3) is 0.231. The summed E-state index contributed by atoms with van der Waals surface area (Å²) in [6, 6.07) is 9.19. The Labute approximate surface area is 115 Å². The first-order chi connectivity index (χ1) is 9.65. The molecule has 19 heavy (non-hydrogen) atoms. The highest BCUT2D eigenvalue weighted by Gasteiger charge is 2.45. The molecule has 1 fully saturated rings. The van der Waals surface area contributed by atoms with E-state index in [1.807, 2.05) is 30.3 Å². The Balaban J connectivity index is 1.62. The van der Waals surface area contributed by atoms with Crippen LogP contribution in [-0.2, 0) is 21.0 Å². The van der Waals surface area contributed by atoms with Gasteiger partial charge in [-0.05, 0) is 11.6 Å². The number of benzene rings is 1. The molecule has 1 saturated heterocycles. The zero-order valence-electron chi connectivity index (χ0n) is 10.8. The van der Waals surface area contributed by atoms with Gasteiger partial charge < -0.3 is 4.74 Å². The molecular formula is C13H11NO4S. The zero-order chi connectivity index (χ0) is 14.1. The summed E-state index contributed by atoms with van der Waals surface area (Å²) in [5, 5.41) is 0.412. The summed E-state index contributed by atoms with van der Waals surface area (Å²) >= 11 is 1.10. The van der Waals surface area contributed by atoms with Crippen molar-refractivity contribution in [3.05, 3.63) is 48.1 Å². The van der Waals surface area contributed by atoms with Crippen LogP contribution < -0.4 is 0 Å². The van der Waals surface area contributed by atoms with Crippen LogP contribution in [0.1, 0.15) is 6.93 Å². The van der Waals surface area contributed by atoms with Crippen molar-refractivity contribution in [3.8, 4) is 0 Å². The molecule has 5 nitrogen and oxygen atoms in total. The molecule has 6 heteroatoms. The Morgan fingerprint density at radius 3 is 3.00 bits per heavy atom. The molecule has 2 aliphatic heterocycles. The van der Waals surface area contributed by atoms with Gasteiger partial charge in [0.15, 0.2) is 6.10 Å². The molecule has 2 atom stereocenters. The summed E-state index contributed by atoms with van der Waals surface area (Å²) in [6.07, 6.45) is -0.0646. The Morgan fingerprint density at radius 2 is 2.26 bits per heavy atom. The molecule has 0 radical (unpaired) electrons. The maximum absolute atomic E-state index is 11.9. The topological polar surface area (TPSA) is 55.8 Å². The van der Waals surface area contributed by atoms with E-state index in [0.29, 0.717) is 0 Å². The van der Waals surface area contributed by atoms with Gasteiger partial charge in [-0.25, -0.2) is 9.63 Å². The maximum atomic E-state index is 11.9. The third-order valence-corrected chi connectivity index (χ3v) is 3.85. The van der Waals surface area contributed by atoms with Gasteiger partial charge >= 0.3 is 6.09 Å². The van der Waals surface area contributed by atoms with Gasteiger partial charge in [0.2, 0.25) is 5.12 Å². The predicted molar refractivity (Wildman–Crippen MR) is 68.9 cm³/mol. The van der Waals surface area contributed by atoms with E-state index in [-0.39, 0.29) is 23.1 Å². The lowest BCUT2D eigenvalue weighted by Gasteiger charge is -2.37. The van der Waals surface area contributed by atoms with Gasteiger partial charge in [-0.3, -0.25) is 4.79 Å². The van der Waals surface area contributed by atoms with Crippen LogP contribution in [0.25, 0.3) is 0 Å². The standard InChI is InChI=1S/C13H11NO4S/c15-12-11-10(19-12)6-7-14(18-11)13(16)17-8-9-4-2-1-3-5-9/h1-7,10-11H,8H2/i7D. The highest BCUT2D eigenvalue weighted by molar-refractivity contribution is 8.16. The first-order valence-electron chi connectivity index (χ1n) is 6.21. The second-order valence-corrected chi connectivity index (χ2v) is 5.24. The molecule has 1 aromatic rings. The van der Waals surface area contributed by atoms with Gasteiger partial charge in [-0.1, -0.05) is 42.1 Å². The highest BCUT2D eigenvalue weighted by atomic mass is 32.2. The molecule has 2 aliphatic rings. The van der Waals surface area contributed by atoms with Gasteiger partial charge in [-0.15, -0.1) is 0 Å². The SMILES string of the molecule is [2H]C1=CC2SC(=O)C2ON1C(=O)OCc1ccccc1. The van der Waals surface area contributed by atoms with E-state index < -0.39 is 12.2 Å². The lowest BCUT2D eigenvalue weighted by Crippen LogP contribution is -2.50. The van der Waals surface area contributed by atoms with Crippen LogP contribution in [0.3, 0.4) is 0 Å².